The van der Waals surface area contributed by atoms with Crippen LogP contribution in [-0.4, -0.2) is 32.6 Å². The number of rotatable bonds is 8. The van der Waals surface area contributed by atoms with Gasteiger partial charge in [-0.3, -0.25) is 4.79 Å². The molecule has 1 aromatic heterocycles. The summed E-state index contributed by atoms with van der Waals surface area (Å²) < 4.78 is 1.78. The van der Waals surface area contributed by atoms with Crippen molar-refractivity contribution in [2.45, 2.75) is 45.2 Å². The molecule has 0 saturated carbocycles. The molecule has 1 heterocycles. The Bertz CT molecular complexity index is 376. The molecule has 1 aromatic rings. The second kappa shape index (κ2) is 7.47. The van der Waals surface area contributed by atoms with Gasteiger partial charge in [-0.05, 0) is 6.42 Å². The number of amides is 1. The van der Waals surface area contributed by atoms with Gasteiger partial charge in [0.1, 0.15) is 6.04 Å². The lowest BCUT2D eigenvalue weighted by molar-refractivity contribution is -0.142. The molecule has 0 spiro atoms. The second-order valence-corrected chi connectivity index (χ2v) is 4.15. The lowest BCUT2D eigenvalue weighted by atomic mass is 10.1. The third-order valence-electron chi connectivity index (χ3n) is 2.64. The number of unbranched alkanes of at least 4 members (excludes halogenated alkanes) is 1. The van der Waals surface area contributed by atoms with Crippen LogP contribution in [0.15, 0.2) is 18.7 Å². The minimum absolute atomic E-state index is 0.243. The van der Waals surface area contributed by atoms with Crippen LogP contribution in [0.5, 0.6) is 0 Å². The highest BCUT2D eigenvalue weighted by Gasteiger charge is 2.18. The fourth-order valence-electron chi connectivity index (χ4n) is 1.58. The molecule has 0 aromatic carbocycles. The van der Waals surface area contributed by atoms with E-state index < -0.39 is 12.0 Å². The molecule has 1 unspecified atom stereocenters. The van der Waals surface area contributed by atoms with Crippen molar-refractivity contribution < 1.29 is 14.7 Å². The van der Waals surface area contributed by atoms with E-state index in [1.807, 2.05) is 6.92 Å². The van der Waals surface area contributed by atoms with Crippen LogP contribution in [0.3, 0.4) is 0 Å². The maximum absolute atomic E-state index is 11.6. The summed E-state index contributed by atoms with van der Waals surface area (Å²) in [5, 5.41) is 11.5. The first-order valence-electron chi connectivity index (χ1n) is 6.11. The van der Waals surface area contributed by atoms with Gasteiger partial charge in [0, 0.05) is 25.4 Å². The van der Waals surface area contributed by atoms with Crippen LogP contribution >= 0.6 is 0 Å². The van der Waals surface area contributed by atoms with Crippen molar-refractivity contribution in [3.63, 3.8) is 0 Å². The number of aryl methyl sites for hydroxylation is 1. The number of hydrogen-bond donors (Lipinski definition) is 2. The molecule has 6 nitrogen and oxygen atoms in total. The van der Waals surface area contributed by atoms with Gasteiger partial charge in [0.15, 0.2) is 0 Å². The van der Waals surface area contributed by atoms with Crippen molar-refractivity contribution in [1.82, 2.24) is 14.9 Å². The minimum Gasteiger partial charge on any atom is -0.480 e. The number of carbonyl (C=O) groups excluding carboxylic acids is 1. The summed E-state index contributed by atoms with van der Waals surface area (Å²) in [6.45, 7) is 2.49. The van der Waals surface area contributed by atoms with E-state index in [2.05, 4.69) is 10.3 Å². The molecule has 0 saturated heterocycles. The summed E-state index contributed by atoms with van der Waals surface area (Å²) in [7, 11) is 0. The Labute approximate surface area is 106 Å². The molecule has 1 rings (SSSR count). The Morgan fingerprint density at radius 1 is 1.50 bits per heavy atom. The van der Waals surface area contributed by atoms with E-state index in [-0.39, 0.29) is 12.3 Å². The molecule has 6 heteroatoms. The van der Waals surface area contributed by atoms with E-state index in [0.29, 0.717) is 13.0 Å². The molecule has 18 heavy (non-hydrogen) atoms. The molecular weight excluding hydrogens is 234 g/mol. The van der Waals surface area contributed by atoms with Gasteiger partial charge in [-0.1, -0.05) is 19.8 Å². The van der Waals surface area contributed by atoms with E-state index in [9.17, 15) is 9.59 Å². The number of nitrogens with one attached hydrogen (secondary N) is 1. The first-order valence-corrected chi connectivity index (χ1v) is 6.11. The van der Waals surface area contributed by atoms with Gasteiger partial charge in [-0.2, -0.15) is 0 Å². The standard InChI is InChI=1S/C12H19N3O3/c1-2-3-4-10(12(17)18)14-11(16)5-7-15-8-6-13-9-15/h6,8-10H,2-5,7H2,1H3,(H,14,16)(H,17,18). The minimum atomic E-state index is -0.973. The van der Waals surface area contributed by atoms with Crippen molar-refractivity contribution in [2.24, 2.45) is 0 Å². The quantitative estimate of drug-likeness (QED) is 0.724. The van der Waals surface area contributed by atoms with Gasteiger partial charge in [0.05, 0.1) is 6.33 Å². The average Bonchev–Trinajstić information content (AvgIpc) is 2.84. The molecule has 1 amide bonds. The summed E-state index contributed by atoms with van der Waals surface area (Å²) in [6, 6.07) is -0.778. The molecule has 0 fully saturated rings. The van der Waals surface area contributed by atoms with E-state index >= 15 is 0 Å². The van der Waals surface area contributed by atoms with E-state index in [4.69, 9.17) is 5.11 Å². The smallest absolute Gasteiger partial charge is 0.326 e. The largest absolute Gasteiger partial charge is 0.480 e. The lowest BCUT2D eigenvalue weighted by Gasteiger charge is -2.14. The molecule has 0 aliphatic rings. The molecule has 0 aliphatic heterocycles. The van der Waals surface area contributed by atoms with Crippen molar-refractivity contribution in [3.8, 4) is 0 Å². The Balaban J connectivity index is 2.34. The molecule has 1 atom stereocenters. The van der Waals surface area contributed by atoms with Gasteiger partial charge >= 0.3 is 5.97 Å². The first-order chi connectivity index (χ1) is 8.63. The van der Waals surface area contributed by atoms with Gasteiger partial charge in [0.2, 0.25) is 5.91 Å². The topological polar surface area (TPSA) is 84.2 Å². The number of carboxylic acids is 1. The monoisotopic (exact) mass is 253 g/mol. The third-order valence-corrected chi connectivity index (χ3v) is 2.64. The van der Waals surface area contributed by atoms with E-state index in [0.717, 1.165) is 12.8 Å². The van der Waals surface area contributed by atoms with Crippen LogP contribution in [0.1, 0.15) is 32.6 Å². The van der Waals surface area contributed by atoms with Gasteiger partial charge in [0.25, 0.3) is 0 Å². The number of nitrogens with zero attached hydrogens (tertiary/aromatic N) is 2. The third kappa shape index (κ3) is 4.99. The van der Waals surface area contributed by atoms with Crippen LogP contribution in [-0.2, 0) is 16.1 Å². The average molecular weight is 253 g/mol. The predicted molar refractivity (Wildman–Crippen MR) is 65.9 cm³/mol. The highest BCUT2D eigenvalue weighted by Crippen LogP contribution is 2.01. The summed E-state index contributed by atoms with van der Waals surface area (Å²) in [5.74, 6) is -1.22. The van der Waals surface area contributed by atoms with Gasteiger partial charge in [-0.25, -0.2) is 9.78 Å². The first kappa shape index (κ1) is 14.2. The SMILES string of the molecule is CCCCC(NC(=O)CCn1ccnc1)C(=O)O. The number of carboxylic acid groups (broad SMARTS) is 1. The zero-order chi connectivity index (χ0) is 13.4. The fourth-order valence-corrected chi connectivity index (χ4v) is 1.58. The second-order valence-electron chi connectivity index (χ2n) is 4.15. The highest BCUT2D eigenvalue weighted by molar-refractivity contribution is 5.83. The number of aliphatic carboxylic acids is 1. The van der Waals surface area contributed by atoms with Crippen LogP contribution < -0.4 is 5.32 Å². The Hall–Kier alpha value is -1.85. The maximum Gasteiger partial charge on any atom is 0.326 e. The molecule has 100 valence electrons. The molecule has 0 radical (unpaired) electrons. The van der Waals surface area contributed by atoms with Gasteiger partial charge in [-0.15, -0.1) is 0 Å². The normalized spacial score (nSPS) is 12.1. The molecule has 2 N–H and O–H groups in total. The number of hydrogen-bond acceptors (Lipinski definition) is 3. The molecular formula is C12H19N3O3. The van der Waals surface area contributed by atoms with E-state index in [1.54, 1.807) is 23.3 Å². The number of carbonyl (C=O) groups is 2. The maximum atomic E-state index is 11.6. The van der Waals surface area contributed by atoms with Crippen LogP contribution in [0.25, 0.3) is 0 Å². The van der Waals surface area contributed by atoms with E-state index in [1.165, 1.54) is 0 Å². The zero-order valence-electron chi connectivity index (χ0n) is 10.5. The number of imidazole rings is 1. The summed E-state index contributed by atoms with van der Waals surface area (Å²) in [5.41, 5.74) is 0. The zero-order valence-corrected chi connectivity index (χ0v) is 10.5. The summed E-state index contributed by atoms with van der Waals surface area (Å²) in [6.07, 6.45) is 7.46. The van der Waals surface area contributed by atoms with Crippen molar-refractivity contribution >= 4 is 11.9 Å². The summed E-state index contributed by atoms with van der Waals surface area (Å²) in [4.78, 5) is 26.4. The molecule has 0 aliphatic carbocycles. The van der Waals surface area contributed by atoms with Crippen LogP contribution in [0, 0.1) is 0 Å². The Kier molecular flexibility index (Phi) is 5.90. The van der Waals surface area contributed by atoms with Crippen molar-refractivity contribution in [3.05, 3.63) is 18.7 Å². The molecule has 0 bridgehead atoms. The highest BCUT2D eigenvalue weighted by atomic mass is 16.4. The fraction of sp³-hybridized carbons (Fsp3) is 0.583. The Morgan fingerprint density at radius 2 is 2.28 bits per heavy atom. The van der Waals surface area contributed by atoms with Crippen molar-refractivity contribution in [2.75, 3.05) is 0 Å². The predicted octanol–water partition coefficient (Wildman–Crippen LogP) is 1.03. The van der Waals surface area contributed by atoms with Gasteiger partial charge < -0.3 is 15.0 Å². The van der Waals surface area contributed by atoms with Crippen molar-refractivity contribution in [1.29, 1.82) is 0 Å². The number of aromatic nitrogens is 2. The van der Waals surface area contributed by atoms with Crippen LogP contribution in [0.4, 0.5) is 0 Å². The lowest BCUT2D eigenvalue weighted by Crippen LogP contribution is -2.40. The Morgan fingerprint density at radius 3 is 2.83 bits per heavy atom. The summed E-state index contributed by atoms with van der Waals surface area (Å²) >= 11 is 0. The van der Waals surface area contributed by atoms with Crippen LogP contribution in [0.2, 0.25) is 0 Å².